The number of aromatic amines is 1. The Bertz CT molecular complexity index is 88.6. The first-order valence-electron chi connectivity index (χ1n) is 1.91. The quantitative estimate of drug-likeness (QED) is 0.390. The van der Waals surface area contributed by atoms with Crippen molar-refractivity contribution in [3.8, 4) is 0 Å². The molecule has 0 aliphatic rings. The van der Waals surface area contributed by atoms with Gasteiger partial charge in [0.1, 0.15) is 0 Å². The molecule has 0 spiro atoms. The van der Waals surface area contributed by atoms with Crippen molar-refractivity contribution in [2.45, 2.75) is 0 Å². The predicted octanol–water partition coefficient (Wildman–Crippen LogP) is -3.55. The number of hydrogen-bond acceptors (Lipinski definition) is 3. The van der Waals surface area contributed by atoms with Gasteiger partial charge in [0.05, 0.1) is 0 Å². The minimum Gasteiger partial charge on any atom is -0.900 e. The zero-order valence-electron chi connectivity index (χ0n) is 5.28. The molecule has 0 aliphatic heterocycles. The van der Waals surface area contributed by atoms with E-state index in [9.17, 15) is 0 Å². The molecule has 0 amide bonds. The van der Waals surface area contributed by atoms with Crippen molar-refractivity contribution in [1.29, 1.82) is 0 Å². The van der Waals surface area contributed by atoms with E-state index < -0.39 is 7.69 Å². The van der Waals surface area contributed by atoms with Crippen LogP contribution in [0.3, 0.4) is 0 Å². The minimum absolute atomic E-state index is 0. The molecule has 1 rings (SSSR count). The van der Waals surface area contributed by atoms with Crippen LogP contribution in [-0.2, 0) is 0 Å². The molecule has 1 heterocycles. The molecule has 0 aliphatic carbocycles. The van der Waals surface area contributed by atoms with Gasteiger partial charge in [0.2, 0.25) is 0 Å². The molecule has 0 unspecified atom stereocenters. The Morgan fingerprint density at radius 1 is 1.40 bits per heavy atom. The maximum atomic E-state index is 8.25. The Morgan fingerprint density at radius 2 is 1.90 bits per heavy atom. The second-order valence-electron chi connectivity index (χ2n) is 0.863. The van der Waals surface area contributed by atoms with Crippen LogP contribution in [0.4, 0.5) is 0 Å². The van der Waals surface area contributed by atoms with Crippen LogP contribution in [0.2, 0.25) is 0 Å². The van der Waals surface area contributed by atoms with Gasteiger partial charge in [0.25, 0.3) is 0 Å². The molecule has 1 aromatic heterocycles. The van der Waals surface area contributed by atoms with Crippen LogP contribution in [0.5, 0.6) is 0 Å². The third-order valence-corrected chi connectivity index (χ3v) is 0.406. The summed E-state index contributed by atoms with van der Waals surface area (Å²) in [5, 5.41) is 22.7. The minimum atomic E-state index is -0.500. The molecule has 1 aromatic rings. The van der Waals surface area contributed by atoms with Gasteiger partial charge in [0.15, 0.2) is 0 Å². The van der Waals surface area contributed by atoms with E-state index in [-0.39, 0.29) is 28.5 Å². The van der Waals surface area contributed by atoms with E-state index in [4.69, 9.17) is 10.0 Å². The molecular weight excluding hydrogens is 147 g/mol. The average molecular weight is 153 g/mol. The summed E-state index contributed by atoms with van der Waals surface area (Å²) in [6, 6.07) is 1.83. The van der Waals surface area contributed by atoms with Gasteiger partial charge in [-0.2, -0.15) is 5.10 Å². The van der Waals surface area contributed by atoms with Crippen molar-refractivity contribution in [3.05, 3.63) is 18.5 Å². The van der Waals surface area contributed by atoms with Crippen LogP contribution in [0.15, 0.2) is 18.5 Å². The largest absolute Gasteiger partial charge is 2.00 e. The maximum absolute atomic E-state index is 8.25. The Kier molecular flexibility index (Phi) is 26.3. The van der Waals surface area contributed by atoms with E-state index in [1.807, 2.05) is 6.07 Å². The predicted molar refractivity (Wildman–Crippen MR) is 33.7 cm³/mol. The fourth-order valence-corrected chi connectivity index (χ4v) is 0.215. The van der Waals surface area contributed by atoms with E-state index >= 15 is 0 Å². The standard InChI is InChI=1S/C3H4N2.BO2.Mg.H2O/c1-2-4-5-3-1;2-1-3;;/h1-3H,(H,4,5);;;1H2/q;-2;+2;. The molecule has 0 aromatic carbocycles. The Balaban J connectivity index is -0.0000000900. The van der Waals surface area contributed by atoms with Crippen LogP contribution in [0, 0.1) is 0 Å². The number of rotatable bonds is 0. The topological polar surface area (TPSA) is 106 Å². The van der Waals surface area contributed by atoms with Crippen molar-refractivity contribution in [2.75, 3.05) is 0 Å². The van der Waals surface area contributed by atoms with Gasteiger partial charge in [-0.25, -0.2) is 7.69 Å². The SMILES string of the molecule is O.[Mg+2].[O-][B][O-].c1cn[nH]c1. The summed E-state index contributed by atoms with van der Waals surface area (Å²) in [6.07, 6.45) is 3.46. The molecule has 5 nitrogen and oxygen atoms in total. The summed E-state index contributed by atoms with van der Waals surface area (Å²) in [5.41, 5.74) is 0. The van der Waals surface area contributed by atoms with Gasteiger partial charge < -0.3 is 15.5 Å². The second-order valence-corrected chi connectivity index (χ2v) is 0.863. The van der Waals surface area contributed by atoms with Gasteiger partial charge in [-0.15, -0.1) is 0 Å². The van der Waals surface area contributed by atoms with Crippen molar-refractivity contribution in [2.24, 2.45) is 0 Å². The van der Waals surface area contributed by atoms with Crippen molar-refractivity contribution >= 4 is 30.7 Å². The molecule has 3 N–H and O–H groups in total. The van der Waals surface area contributed by atoms with E-state index in [0.717, 1.165) is 0 Å². The first-order valence-corrected chi connectivity index (χ1v) is 1.91. The van der Waals surface area contributed by atoms with E-state index in [1.54, 1.807) is 12.4 Å². The third-order valence-electron chi connectivity index (χ3n) is 0.406. The molecule has 0 saturated heterocycles. The van der Waals surface area contributed by atoms with Crippen molar-refractivity contribution < 1.29 is 15.5 Å². The number of hydrogen-bond donors (Lipinski definition) is 1. The molecule has 0 saturated carbocycles. The van der Waals surface area contributed by atoms with Crippen molar-refractivity contribution in [3.63, 3.8) is 0 Å². The fourth-order valence-electron chi connectivity index (χ4n) is 0.215. The Hall–Kier alpha value is -0.0788. The molecule has 10 heavy (non-hydrogen) atoms. The molecule has 0 fully saturated rings. The van der Waals surface area contributed by atoms with Gasteiger partial charge in [-0.3, -0.25) is 5.10 Å². The summed E-state index contributed by atoms with van der Waals surface area (Å²) >= 11 is 0. The van der Waals surface area contributed by atoms with Crippen LogP contribution in [0.1, 0.15) is 0 Å². The van der Waals surface area contributed by atoms with Gasteiger partial charge in [-0.1, -0.05) is 0 Å². The van der Waals surface area contributed by atoms with Crippen LogP contribution in [-0.4, -0.2) is 46.4 Å². The van der Waals surface area contributed by atoms with E-state index in [1.165, 1.54) is 0 Å². The van der Waals surface area contributed by atoms with Gasteiger partial charge in [-0.05, 0) is 6.07 Å². The first kappa shape index (κ1) is 16.5. The zero-order valence-corrected chi connectivity index (χ0v) is 6.69. The normalized spacial score (nSPS) is 5.40. The average Bonchev–Trinajstić information content (AvgIpc) is 2.17. The Morgan fingerprint density at radius 3 is 2.00 bits per heavy atom. The third kappa shape index (κ3) is 15.7. The van der Waals surface area contributed by atoms with E-state index in [2.05, 4.69) is 10.2 Å². The molecule has 0 atom stereocenters. The summed E-state index contributed by atoms with van der Waals surface area (Å²) in [5.74, 6) is 0. The molecule has 0 bridgehead atoms. The fraction of sp³-hybridized carbons (Fsp3) is 0. The van der Waals surface area contributed by atoms with Crippen molar-refractivity contribution in [1.82, 2.24) is 10.2 Å². The number of H-pyrrole nitrogens is 1. The molecular formula is C3H6BMgN2O3. The monoisotopic (exact) mass is 153 g/mol. The number of nitrogens with one attached hydrogen (secondary N) is 1. The summed E-state index contributed by atoms with van der Waals surface area (Å²) in [7, 11) is -0.500. The molecule has 51 valence electrons. The maximum Gasteiger partial charge on any atom is 2.00 e. The molecule has 1 radical (unpaired) electrons. The summed E-state index contributed by atoms with van der Waals surface area (Å²) < 4.78 is 0. The second kappa shape index (κ2) is 16.0. The van der Waals surface area contributed by atoms with Crippen LogP contribution < -0.4 is 10.0 Å². The van der Waals surface area contributed by atoms with E-state index in [0.29, 0.717) is 0 Å². The zero-order chi connectivity index (χ0) is 6.24. The Labute approximate surface area is 75.2 Å². The number of nitrogens with zero attached hydrogens (tertiary/aromatic N) is 1. The summed E-state index contributed by atoms with van der Waals surface area (Å²) in [4.78, 5) is 0. The van der Waals surface area contributed by atoms with Gasteiger partial charge in [0, 0.05) is 12.4 Å². The number of aromatic nitrogens is 2. The smallest absolute Gasteiger partial charge is 0.900 e. The first-order chi connectivity index (χ1) is 3.91. The molecule has 7 heteroatoms. The van der Waals surface area contributed by atoms with Crippen LogP contribution in [0.25, 0.3) is 0 Å². The van der Waals surface area contributed by atoms with Crippen LogP contribution >= 0.6 is 0 Å². The van der Waals surface area contributed by atoms with Gasteiger partial charge >= 0.3 is 23.1 Å². The summed E-state index contributed by atoms with van der Waals surface area (Å²) in [6.45, 7) is 0.